The number of amides is 2. The molecule has 0 unspecified atom stereocenters. The van der Waals surface area contributed by atoms with Crippen LogP contribution in [-0.4, -0.2) is 33.4 Å². The van der Waals surface area contributed by atoms with Crippen molar-refractivity contribution in [2.75, 3.05) is 11.9 Å². The highest BCUT2D eigenvalue weighted by Gasteiger charge is 2.23. The molecule has 0 bridgehead atoms. The molecule has 1 aliphatic heterocycles. The van der Waals surface area contributed by atoms with Crippen molar-refractivity contribution in [3.63, 3.8) is 0 Å². The molecule has 2 aliphatic rings. The summed E-state index contributed by atoms with van der Waals surface area (Å²) in [6.07, 6.45) is 5.31. The van der Waals surface area contributed by atoms with Crippen LogP contribution in [0.4, 0.5) is 15.6 Å². The molecule has 2 amide bonds. The molecule has 0 saturated heterocycles. The number of anilines is 1. The second kappa shape index (κ2) is 8.24. The number of thiazole rings is 1. The second-order valence-corrected chi connectivity index (χ2v) is 8.44. The van der Waals surface area contributed by atoms with Gasteiger partial charge in [-0.05, 0) is 18.4 Å². The van der Waals surface area contributed by atoms with Gasteiger partial charge in [0.25, 0.3) is 5.69 Å². The first kappa shape index (κ1) is 18.8. The number of aromatic nitrogens is 1. The molecule has 1 fully saturated rings. The lowest BCUT2D eigenvalue weighted by molar-refractivity contribution is -0.384. The molecule has 148 valence electrons. The Hall–Kier alpha value is -2.52. The number of hydrogen-bond donors (Lipinski definition) is 2. The lowest BCUT2D eigenvalue weighted by Crippen LogP contribution is -2.36. The molecular weight excluding hydrogens is 378 g/mol. The molecule has 1 aromatic carbocycles. The van der Waals surface area contributed by atoms with Gasteiger partial charge in [0, 0.05) is 49.1 Å². The number of nitro groups is 1. The van der Waals surface area contributed by atoms with Crippen molar-refractivity contribution < 1.29 is 9.72 Å². The van der Waals surface area contributed by atoms with E-state index in [-0.39, 0.29) is 22.7 Å². The maximum absolute atomic E-state index is 12.1. The number of carbonyl (C=O) groups excluding carboxylic acids is 1. The monoisotopic (exact) mass is 401 g/mol. The summed E-state index contributed by atoms with van der Waals surface area (Å²) in [5.74, 6) is 0. The van der Waals surface area contributed by atoms with E-state index in [0.717, 1.165) is 50.2 Å². The largest absolute Gasteiger partial charge is 0.335 e. The number of fused-ring (bicyclic) bond motifs is 1. The fourth-order valence-electron chi connectivity index (χ4n) is 3.81. The fourth-order valence-corrected chi connectivity index (χ4v) is 4.85. The first-order valence-corrected chi connectivity index (χ1v) is 10.4. The molecule has 2 heterocycles. The van der Waals surface area contributed by atoms with E-state index >= 15 is 0 Å². The minimum Gasteiger partial charge on any atom is -0.335 e. The number of benzene rings is 1. The Morgan fingerprint density at radius 1 is 1.29 bits per heavy atom. The van der Waals surface area contributed by atoms with Crippen LogP contribution < -0.4 is 10.6 Å². The lowest BCUT2D eigenvalue weighted by atomic mass is 10.1. The molecule has 1 aromatic heterocycles. The highest BCUT2D eigenvalue weighted by Crippen LogP contribution is 2.29. The number of nitrogens with zero attached hydrogens (tertiary/aromatic N) is 3. The summed E-state index contributed by atoms with van der Waals surface area (Å²) in [5, 5.41) is 17.3. The van der Waals surface area contributed by atoms with Gasteiger partial charge < -0.3 is 5.32 Å². The minimum atomic E-state index is -0.383. The van der Waals surface area contributed by atoms with Crippen LogP contribution in [0.3, 0.4) is 0 Å². The van der Waals surface area contributed by atoms with E-state index in [9.17, 15) is 14.9 Å². The van der Waals surface area contributed by atoms with E-state index in [1.54, 1.807) is 24.3 Å². The Kier molecular flexibility index (Phi) is 5.54. The molecule has 4 rings (SSSR count). The van der Waals surface area contributed by atoms with Gasteiger partial charge in [0.2, 0.25) is 0 Å². The molecule has 28 heavy (non-hydrogen) atoms. The molecule has 0 spiro atoms. The number of urea groups is 1. The van der Waals surface area contributed by atoms with Gasteiger partial charge in [0.15, 0.2) is 5.13 Å². The zero-order valence-corrected chi connectivity index (χ0v) is 16.3. The van der Waals surface area contributed by atoms with E-state index in [4.69, 9.17) is 0 Å². The molecule has 0 radical (unpaired) electrons. The first-order chi connectivity index (χ1) is 13.6. The summed E-state index contributed by atoms with van der Waals surface area (Å²) in [6, 6.07) is 6.82. The maximum atomic E-state index is 12.1. The second-order valence-electron chi connectivity index (χ2n) is 7.35. The third-order valence-corrected chi connectivity index (χ3v) is 6.27. The number of nitro benzene ring substituents is 1. The van der Waals surface area contributed by atoms with Crippen LogP contribution in [0.5, 0.6) is 0 Å². The van der Waals surface area contributed by atoms with Crippen molar-refractivity contribution in [2.24, 2.45) is 0 Å². The van der Waals surface area contributed by atoms with E-state index < -0.39 is 0 Å². The predicted molar refractivity (Wildman–Crippen MR) is 107 cm³/mol. The van der Waals surface area contributed by atoms with Gasteiger partial charge in [-0.1, -0.05) is 25.0 Å². The van der Waals surface area contributed by atoms with Crippen LogP contribution in [-0.2, 0) is 19.5 Å². The number of nitrogens with one attached hydrogen (secondary N) is 2. The molecule has 1 aliphatic carbocycles. The van der Waals surface area contributed by atoms with Gasteiger partial charge in [0.1, 0.15) is 0 Å². The quantitative estimate of drug-likeness (QED) is 0.588. The topological polar surface area (TPSA) is 100 Å². The molecule has 2 aromatic rings. The zero-order valence-electron chi connectivity index (χ0n) is 15.5. The normalized spacial score (nSPS) is 17.3. The molecule has 2 N–H and O–H groups in total. The highest BCUT2D eigenvalue weighted by atomic mass is 32.1. The van der Waals surface area contributed by atoms with Crippen molar-refractivity contribution in [1.82, 2.24) is 15.2 Å². The Balaban J connectivity index is 1.33. The van der Waals surface area contributed by atoms with Gasteiger partial charge in [-0.3, -0.25) is 20.3 Å². The molecule has 9 heteroatoms. The highest BCUT2D eigenvalue weighted by molar-refractivity contribution is 7.15. The Morgan fingerprint density at radius 2 is 2.04 bits per heavy atom. The van der Waals surface area contributed by atoms with Gasteiger partial charge in [-0.15, -0.1) is 11.3 Å². The van der Waals surface area contributed by atoms with Crippen molar-refractivity contribution in [3.8, 4) is 0 Å². The fraction of sp³-hybridized carbons (Fsp3) is 0.474. The summed E-state index contributed by atoms with van der Waals surface area (Å²) in [4.78, 5) is 30.6. The third kappa shape index (κ3) is 4.48. The summed E-state index contributed by atoms with van der Waals surface area (Å²) < 4.78 is 0. The maximum Gasteiger partial charge on any atom is 0.321 e. The summed E-state index contributed by atoms with van der Waals surface area (Å²) in [7, 11) is 0. The molecular formula is C19H23N5O3S. The zero-order chi connectivity index (χ0) is 19.5. The first-order valence-electron chi connectivity index (χ1n) is 9.58. The average molecular weight is 401 g/mol. The Labute approximate surface area is 167 Å². The van der Waals surface area contributed by atoms with E-state index in [0.29, 0.717) is 5.13 Å². The number of rotatable bonds is 5. The van der Waals surface area contributed by atoms with Crippen molar-refractivity contribution in [1.29, 1.82) is 0 Å². The van der Waals surface area contributed by atoms with Gasteiger partial charge in [0.05, 0.1) is 10.6 Å². The Morgan fingerprint density at radius 3 is 2.75 bits per heavy atom. The average Bonchev–Trinajstić information content (AvgIpc) is 3.31. The van der Waals surface area contributed by atoms with Crippen LogP contribution in [0, 0.1) is 10.1 Å². The number of carbonyl (C=O) groups is 1. The standard InChI is InChI=1S/C19H23N5O3S/c25-18(20-14-3-1-2-4-14)22-19-21-16-9-10-23(12-17(16)28-19)11-13-5-7-15(8-6-13)24(26)27/h5-8,14H,1-4,9-12H2,(H2,20,21,22,25). The van der Waals surface area contributed by atoms with Crippen LogP contribution in [0.15, 0.2) is 24.3 Å². The van der Waals surface area contributed by atoms with Crippen LogP contribution in [0.25, 0.3) is 0 Å². The van der Waals surface area contributed by atoms with E-state index in [1.165, 1.54) is 29.1 Å². The summed E-state index contributed by atoms with van der Waals surface area (Å²) in [5.41, 5.74) is 2.22. The third-order valence-electron chi connectivity index (χ3n) is 5.27. The van der Waals surface area contributed by atoms with Gasteiger partial charge in [-0.2, -0.15) is 0 Å². The molecule has 1 saturated carbocycles. The van der Waals surface area contributed by atoms with Crippen molar-refractivity contribution >= 4 is 28.2 Å². The number of non-ortho nitro benzene ring substituents is 1. The van der Waals surface area contributed by atoms with Crippen LogP contribution in [0.2, 0.25) is 0 Å². The lowest BCUT2D eigenvalue weighted by Gasteiger charge is -2.25. The minimum absolute atomic E-state index is 0.110. The predicted octanol–water partition coefficient (Wildman–Crippen LogP) is 3.67. The van der Waals surface area contributed by atoms with Crippen molar-refractivity contribution in [2.45, 2.75) is 51.2 Å². The Bertz CT molecular complexity index is 861. The summed E-state index contributed by atoms with van der Waals surface area (Å²) in [6.45, 7) is 2.39. The van der Waals surface area contributed by atoms with E-state index in [2.05, 4.69) is 20.5 Å². The van der Waals surface area contributed by atoms with E-state index in [1.807, 2.05) is 0 Å². The van der Waals surface area contributed by atoms with Crippen LogP contribution >= 0.6 is 11.3 Å². The molecule has 0 atom stereocenters. The summed E-state index contributed by atoms with van der Waals surface area (Å²) >= 11 is 1.53. The smallest absolute Gasteiger partial charge is 0.321 e. The van der Waals surface area contributed by atoms with Crippen molar-refractivity contribution in [3.05, 3.63) is 50.5 Å². The van der Waals surface area contributed by atoms with Gasteiger partial charge >= 0.3 is 6.03 Å². The molecule has 8 nitrogen and oxygen atoms in total. The van der Waals surface area contributed by atoms with Crippen LogP contribution in [0.1, 0.15) is 41.8 Å². The van der Waals surface area contributed by atoms with Gasteiger partial charge in [-0.25, -0.2) is 9.78 Å². The number of hydrogen-bond acceptors (Lipinski definition) is 6. The SMILES string of the molecule is O=C(Nc1nc2c(s1)CN(Cc1ccc([N+](=O)[O-])cc1)CC2)NC1CCCC1.